The zero-order valence-electron chi connectivity index (χ0n) is 15.0. The van der Waals surface area contributed by atoms with E-state index in [9.17, 15) is 4.79 Å². The third kappa shape index (κ3) is 3.29. The Labute approximate surface area is 143 Å². The summed E-state index contributed by atoms with van der Waals surface area (Å²) in [5.41, 5.74) is 2.09. The Bertz CT molecular complexity index is 612. The predicted octanol–water partition coefficient (Wildman–Crippen LogP) is 2.52. The summed E-state index contributed by atoms with van der Waals surface area (Å²) in [6.45, 7) is 6.36. The van der Waals surface area contributed by atoms with E-state index in [0.717, 1.165) is 48.6 Å². The molecule has 3 rings (SSSR count). The highest BCUT2D eigenvalue weighted by molar-refractivity contribution is 5.75. The molecule has 1 aromatic rings. The second-order valence-corrected chi connectivity index (χ2v) is 6.83. The molecule has 0 bridgehead atoms. The molecule has 0 saturated carbocycles. The van der Waals surface area contributed by atoms with Crippen molar-refractivity contribution in [3.8, 4) is 11.5 Å². The lowest BCUT2D eigenvalue weighted by Gasteiger charge is -2.35. The van der Waals surface area contributed by atoms with Gasteiger partial charge in [-0.1, -0.05) is 6.07 Å². The standard InChI is InChI=1S/C18H27N3O3/c1-12-15(5-6-16-17(12)24-11-23-16)13(2)19-18(22)21(4)14-7-9-20(3)10-8-14/h5-6,13-14H,7-11H2,1-4H3,(H,19,22). The van der Waals surface area contributed by atoms with Crippen LogP contribution in [0, 0.1) is 6.92 Å². The fraction of sp³-hybridized carbons (Fsp3) is 0.611. The van der Waals surface area contributed by atoms with Crippen LogP contribution in [0.5, 0.6) is 11.5 Å². The van der Waals surface area contributed by atoms with Gasteiger partial charge in [-0.05, 0) is 58.5 Å². The molecule has 24 heavy (non-hydrogen) atoms. The SMILES string of the molecule is Cc1c(C(C)NC(=O)N(C)C2CCN(C)CC2)ccc2c1OCO2. The molecule has 132 valence electrons. The Morgan fingerprint density at radius 3 is 2.75 bits per heavy atom. The molecule has 1 fully saturated rings. The highest BCUT2D eigenvalue weighted by Gasteiger charge is 2.26. The van der Waals surface area contributed by atoms with E-state index in [1.807, 2.05) is 37.9 Å². The number of amides is 2. The van der Waals surface area contributed by atoms with Crippen LogP contribution >= 0.6 is 0 Å². The maximum atomic E-state index is 12.6. The Kier molecular flexibility index (Phi) is 4.85. The zero-order valence-corrected chi connectivity index (χ0v) is 15.0. The fourth-order valence-corrected chi connectivity index (χ4v) is 3.51. The first kappa shape index (κ1) is 16.9. The number of nitrogens with zero attached hydrogens (tertiary/aromatic N) is 2. The molecule has 0 radical (unpaired) electrons. The maximum absolute atomic E-state index is 12.6. The van der Waals surface area contributed by atoms with Gasteiger partial charge < -0.3 is 24.6 Å². The van der Waals surface area contributed by atoms with E-state index in [1.165, 1.54) is 0 Å². The van der Waals surface area contributed by atoms with Crippen LogP contribution < -0.4 is 14.8 Å². The van der Waals surface area contributed by atoms with E-state index in [0.29, 0.717) is 6.04 Å². The number of nitrogens with one attached hydrogen (secondary N) is 1. The average molecular weight is 333 g/mol. The van der Waals surface area contributed by atoms with Gasteiger partial charge in [0.05, 0.1) is 6.04 Å². The molecule has 6 heteroatoms. The molecule has 6 nitrogen and oxygen atoms in total. The number of hydrogen-bond acceptors (Lipinski definition) is 4. The van der Waals surface area contributed by atoms with Gasteiger partial charge in [0, 0.05) is 18.7 Å². The van der Waals surface area contributed by atoms with Gasteiger partial charge in [-0.25, -0.2) is 4.79 Å². The molecule has 0 spiro atoms. The molecular weight excluding hydrogens is 306 g/mol. The lowest BCUT2D eigenvalue weighted by atomic mass is 10.0. The number of benzene rings is 1. The van der Waals surface area contributed by atoms with E-state index in [-0.39, 0.29) is 18.9 Å². The number of hydrogen-bond donors (Lipinski definition) is 1. The van der Waals surface area contributed by atoms with E-state index >= 15 is 0 Å². The maximum Gasteiger partial charge on any atom is 0.317 e. The third-order valence-electron chi connectivity index (χ3n) is 5.19. The predicted molar refractivity (Wildman–Crippen MR) is 92.5 cm³/mol. The Morgan fingerprint density at radius 1 is 1.33 bits per heavy atom. The van der Waals surface area contributed by atoms with Gasteiger partial charge in [0.25, 0.3) is 0 Å². The summed E-state index contributed by atoms with van der Waals surface area (Å²) >= 11 is 0. The molecule has 2 aliphatic heterocycles. The van der Waals surface area contributed by atoms with Gasteiger partial charge >= 0.3 is 6.03 Å². The summed E-state index contributed by atoms with van der Waals surface area (Å²) < 4.78 is 10.9. The molecule has 2 aliphatic rings. The van der Waals surface area contributed by atoms with Crippen LogP contribution in [-0.4, -0.2) is 55.9 Å². The number of fused-ring (bicyclic) bond motifs is 1. The quantitative estimate of drug-likeness (QED) is 0.923. The molecular formula is C18H27N3O3. The van der Waals surface area contributed by atoms with Crippen LogP contribution in [-0.2, 0) is 0 Å². The van der Waals surface area contributed by atoms with Crippen LogP contribution in [0.1, 0.15) is 36.9 Å². The topological polar surface area (TPSA) is 54.0 Å². The van der Waals surface area contributed by atoms with Crippen molar-refractivity contribution in [3.63, 3.8) is 0 Å². The van der Waals surface area contributed by atoms with Crippen molar-refractivity contribution < 1.29 is 14.3 Å². The first-order valence-corrected chi connectivity index (χ1v) is 8.58. The molecule has 0 aliphatic carbocycles. The Hall–Kier alpha value is -1.95. The lowest BCUT2D eigenvalue weighted by Crippen LogP contribution is -2.48. The van der Waals surface area contributed by atoms with Crippen LogP contribution in [0.15, 0.2) is 12.1 Å². The van der Waals surface area contributed by atoms with Crippen molar-refractivity contribution in [2.45, 2.75) is 38.8 Å². The van der Waals surface area contributed by atoms with Gasteiger partial charge in [-0.3, -0.25) is 0 Å². The first-order valence-electron chi connectivity index (χ1n) is 8.58. The number of carbonyl (C=O) groups is 1. The lowest BCUT2D eigenvalue weighted by molar-refractivity contribution is 0.146. The molecule has 1 unspecified atom stereocenters. The zero-order chi connectivity index (χ0) is 17.3. The molecule has 1 saturated heterocycles. The molecule has 1 N–H and O–H groups in total. The van der Waals surface area contributed by atoms with Crippen LogP contribution in [0.25, 0.3) is 0 Å². The van der Waals surface area contributed by atoms with Gasteiger partial charge in [-0.2, -0.15) is 0 Å². The van der Waals surface area contributed by atoms with Gasteiger partial charge in [-0.15, -0.1) is 0 Å². The molecule has 0 aromatic heterocycles. The summed E-state index contributed by atoms with van der Waals surface area (Å²) in [4.78, 5) is 16.8. The van der Waals surface area contributed by atoms with E-state index < -0.39 is 0 Å². The third-order valence-corrected chi connectivity index (χ3v) is 5.19. The summed E-state index contributed by atoms with van der Waals surface area (Å²) in [5.74, 6) is 1.57. The van der Waals surface area contributed by atoms with E-state index in [4.69, 9.17) is 9.47 Å². The monoisotopic (exact) mass is 333 g/mol. The van der Waals surface area contributed by atoms with Crippen molar-refractivity contribution in [1.29, 1.82) is 0 Å². The molecule has 1 aromatic carbocycles. The normalized spacial score (nSPS) is 19.2. The molecule has 2 heterocycles. The van der Waals surface area contributed by atoms with Crippen molar-refractivity contribution in [2.75, 3.05) is 34.0 Å². The number of piperidine rings is 1. The minimum atomic E-state index is -0.0827. The van der Waals surface area contributed by atoms with Crippen LogP contribution in [0.3, 0.4) is 0 Å². The summed E-state index contributed by atoms with van der Waals surface area (Å²) in [7, 11) is 4.02. The largest absolute Gasteiger partial charge is 0.454 e. The Balaban J connectivity index is 1.64. The second kappa shape index (κ2) is 6.89. The van der Waals surface area contributed by atoms with Crippen molar-refractivity contribution in [2.24, 2.45) is 0 Å². The minimum Gasteiger partial charge on any atom is -0.454 e. The van der Waals surface area contributed by atoms with Gasteiger partial charge in [0.1, 0.15) is 0 Å². The van der Waals surface area contributed by atoms with E-state index in [1.54, 1.807) is 0 Å². The van der Waals surface area contributed by atoms with Crippen LogP contribution in [0.4, 0.5) is 4.79 Å². The number of carbonyl (C=O) groups excluding carboxylic acids is 1. The minimum absolute atomic E-state index is 0.0193. The van der Waals surface area contributed by atoms with Crippen LogP contribution in [0.2, 0.25) is 0 Å². The number of rotatable bonds is 3. The molecule has 2 amide bonds. The smallest absolute Gasteiger partial charge is 0.317 e. The highest BCUT2D eigenvalue weighted by atomic mass is 16.7. The second-order valence-electron chi connectivity index (χ2n) is 6.83. The first-order chi connectivity index (χ1) is 11.5. The van der Waals surface area contributed by atoms with Crippen molar-refractivity contribution in [3.05, 3.63) is 23.3 Å². The van der Waals surface area contributed by atoms with Gasteiger partial charge in [0.2, 0.25) is 6.79 Å². The van der Waals surface area contributed by atoms with E-state index in [2.05, 4.69) is 17.3 Å². The summed E-state index contributed by atoms with van der Waals surface area (Å²) in [6.07, 6.45) is 2.05. The van der Waals surface area contributed by atoms with Gasteiger partial charge in [0.15, 0.2) is 11.5 Å². The Morgan fingerprint density at radius 2 is 2.04 bits per heavy atom. The van der Waals surface area contributed by atoms with Crippen molar-refractivity contribution in [1.82, 2.24) is 15.1 Å². The number of urea groups is 1. The highest BCUT2D eigenvalue weighted by Crippen LogP contribution is 2.38. The van der Waals surface area contributed by atoms with Crippen molar-refractivity contribution >= 4 is 6.03 Å². The number of likely N-dealkylation sites (tertiary alicyclic amines) is 1. The average Bonchev–Trinajstić information content (AvgIpc) is 3.04. The molecule has 1 atom stereocenters. The summed E-state index contributed by atoms with van der Waals surface area (Å²) in [6, 6.07) is 4.12. The number of ether oxygens (including phenoxy) is 2. The fourth-order valence-electron chi connectivity index (χ4n) is 3.51. The summed E-state index contributed by atoms with van der Waals surface area (Å²) in [5, 5.41) is 3.11.